The van der Waals surface area contributed by atoms with Crippen LogP contribution in [0.4, 0.5) is 0 Å². The van der Waals surface area contributed by atoms with Crippen LogP contribution >= 0.6 is 0 Å². The number of fused-ring (bicyclic) bond motifs is 1. The largest absolute Gasteiger partial charge is 0.332 e. The number of rotatable bonds is 5. The summed E-state index contributed by atoms with van der Waals surface area (Å²) in [6.07, 6.45) is 1.81. The van der Waals surface area contributed by atoms with Crippen molar-refractivity contribution in [1.82, 2.24) is 4.57 Å². The molecule has 4 aromatic rings. The summed E-state index contributed by atoms with van der Waals surface area (Å²) in [4.78, 5) is 29.9. The van der Waals surface area contributed by atoms with Crippen molar-refractivity contribution in [2.45, 2.75) is 13.8 Å². The van der Waals surface area contributed by atoms with Crippen molar-refractivity contribution in [3.63, 3.8) is 0 Å². The molecule has 0 amide bonds. The molecule has 5 heteroatoms. The Bertz CT molecular complexity index is 1270. The maximum Gasteiger partial charge on any atom is 0.332 e. The first kappa shape index (κ1) is 19.3. The summed E-state index contributed by atoms with van der Waals surface area (Å²) in [6.45, 7) is 3.14. The normalized spacial score (nSPS) is 11.5. The van der Waals surface area contributed by atoms with Gasteiger partial charge < -0.3 is 9.40 Å². The van der Waals surface area contributed by atoms with Gasteiger partial charge in [0.1, 0.15) is 0 Å². The second kappa shape index (κ2) is 8.17. The van der Waals surface area contributed by atoms with Crippen LogP contribution < -0.4 is 0 Å². The van der Waals surface area contributed by atoms with Gasteiger partial charge in [-0.05, 0) is 30.7 Å². The number of aryl methyl sites for hydroxylation is 1. The molecule has 4 rings (SSSR count). The van der Waals surface area contributed by atoms with Crippen LogP contribution in [0.1, 0.15) is 28.4 Å². The Kier molecular flexibility index (Phi) is 5.26. The predicted molar refractivity (Wildman–Crippen MR) is 117 cm³/mol. The quantitative estimate of drug-likeness (QED) is 0.204. The monoisotopic (exact) mass is 396 g/mol. The van der Waals surface area contributed by atoms with E-state index in [1.54, 1.807) is 6.07 Å². The topological polar surface area (TPSA) is 60.7 Å². The van der Waals surface area contributed by atoms with Gasteiger partial charge in [-0.2, -0.15) is 0 Å². The van der Waals surface area contributed by atoms with Gasteiger partial charge in [-0.15, -0.1) is 0 Å². The Morgan fingerprint density at radius 1 is 0.833 bits per heavy atom. The van der Waals surface area contributed by atoms with Crippen molar-refractivity contribution >= 4 is 28.4 Å². The minimum atomic E-state index is -0.583. The lowest BCUT2D eigenvalue weighted by Gasteiger charge is -2.08. The second-order valence-corrected chi connectivity index (χ2v) is 6.93. The van der Waals surface area contributed by atoms with E-state index in [2.05, 4.69) is 5.16 Å². The number of carbonyl (C=O) groups is 2. The highest BCUT2D eigenvalue weighted by molar-refractivity contribution is 6.53. The molecule has 30 heavy (non-hydrogen) atoms. The van der Waals surface area contributed by atoms with E-state index in [-0.39, 0.29) is 11.5 Å². The summed E-state index contributed by atoms with van der Waals surface area (Å²) in [5.74, 6) is -0.892. The molecule has 0 fully saturated rings. The zero-order valence-electron chi connectivity index (χ0n) is 16.7. The summed E-state index contributed by atoms with van der Waals surface area (Å²) >= 11 is 0. The molecule has 5 nitrogen and oxygen atoms in total. The van der Waals surface area contributed by atoms with Crippen LogP contribution in [0.3, 0.4) is 0 Å². The first-order valence-corrected chi connectivity index (χ1v) is 9.58. The van der Waals surface area contributed by atoms with E-state index in [1.165, 1.54) is 6.92 Å². The Hall–Kier alpha value is -3.99. The average molecular weight is 396 g/mol. The minimum Gasteiger partial charge on any atom is -0.318 e. The lowest BCUT2D eigenvalue weighted by molar-refractivity contribution is -0.140. The Balaban J connectivity index is 1.90. The van der Waals surface area contributed by atoms with Gasteiger partial charge in [0.25, 0.3) is 0 Å². The van der Waals surface area contributed by atoms with Crippen molar-refractivity contribution in [3.8, 4) is 5.69 Å². The number of para-hydroxylation sites is 2. The number of nitrogens with zero attached hydrogens (tertiary/aromatic N) is 2. The molecule has 0 aliphatic rings. The molecule has 1 heterocycles. The molecule has 0 unspecified atom stereocenters. The van der Waals surface area contributed by atoms with Crippen molar-refractivity contribution in [1.29, 1.82) is 0 Å². The highest BCUT2D eigenvalue weighted by Gasteiger charge is 2.23. The van der Waals surface area contributed by atoms with Gasteiger partial charge in [0, 0.05) is 29.8 Å². The molecule has 148 valence electrons. The molecule has 1 aromatic heterocycles. The molecular weight excluding hydrogens is 376 g/mol. The average Bonchev–Trinajstić information content (AvgIpc) is 3.15. The third-order valence-corrected chi connectivity index (χ3v) is 4.87. The summed E-state index contributed by atoms with van der Waals surface area (Å²) in [6, 6.07) is 24.9. The highest BCUT2D eigenvalue weighted by atomic mass is 16.7. The van der Waals surface area contributed by atoms with Crippen molar-refractivity contribution in [2.75, 3.05) is 0 Å². The van der Waals surface area contributed by atoms with Crippen molar-refractivity contribution in [3.05, 3.63) is 102 Å². The van der Waals surface area contributed by atoms with E-state index in [4.69, 9.17) is 4.84 Å². The van der Waals surface area contributed by atoms with Crippen LogP contribution in [-0.4, -0.2) is 22.0 Å². The summed E-state index contributed by atoms with van der Waals surface area (Å²) in [7, 11) is 0. The molecular formula is C25H20N2O3. The number of hydrogen-bond donors (Lipinski definition) is 0. The van der Waals surface area contributed by atoms with Crippen molar-refractivity contribution in [2.24, 2.45) is 5.16 Å². The van der Waals surface area contributed by atoms with Gasteiger partial charge in [-0.1, -0.05) is 65.8 Å². The summed E-state index contributed by atoms with van der Waals surface area (Å²) in [5.41, 5.74) is 3.93. The van der Waals surface area contributed by atoms with Gasteiger partial charge in [0.15, 0.2) is 5.71 Å². The minimum absolute atomic E-state index is 0.0965. The van der Waals surface area contributed by atoms with E-state index < -0.39 is 5.97 Å². The van der Waals surface area contributed by atoms with Crippen LogP contribution in [0, 0.1) is 6.92 Å². The van der Waals surface area contributed by atoms with E-state index >= 15 is 0 Å². The molecule has 0 saturated heterocycles. The number of oxime groups is 1. The van der Waals surface area contributed by atoms with Gasteiger partial charge in [0.05, 0.1) is 11.1 Å². The lowest BCUT2D eigenvalue weighted by Crippen LogP contribution is -2.18. The number of Topliss-reactive ketones (excluding diaryl/α,β-unsaturated/α-hetero) is 1. The highest BCUT2D eigenvalue weighted by Crippen LogP contribution is 2.26. The van der Waals surface area contributed by atoms with E-state index in [1.807, 2.05) is 90.5 Å². The molecule has 0 aliphatic carbocycles. The number of hydrogen-bond acceptors (Lipinski definition) is 4. The van der Waals surface area contributed by atoms with Crippen LogP contribution in [-0.2, 0) is 9.63 Å². The van der Waals surface area contributed by atoms with Gasteiger partial charge in [-0.25, -0.2) is 4.79 Å². The molecule has 0 saturated carbocycles. The summed E-state index contributed by atoms with van der Waals surface area (Å²) in [5, 5.41) is 4.73. The third-order valence-electron chi connectivity index (χ3n) is 4.87. The Morgan fingerprint density at radius 3 is 2.23 bits per heavy atom. The first-order valence-electron chi connectivity index (χ1n) is 9.58. The molecule has 0 spiro atoms. The predicted octanol–water partition coefficient (Wildman–Crippen LogP) is 5.09. The molecule has 3 aromatic carbocycles. The second-order valence-electron chi connectivity index (χ2n) is 6.93. The maximum atomic E-state index is 13.6. The number of aromatic nitrogens is 1. The van der Waals surface area contributed by atoms with Gasteiger partial charge in [0.2, 0.25) is 5.78 Å². The molecule has 0 radical (unpaired) electrons. The van der Waals surface area contributed by atoms with Crippen molar-refractivity contribution < 1.29 is 14.4 Å². The van der Waals surface area contributed by atoms with Crippen LogP contribution in [0.25, 0.3) is 16.6 Å². The smallest absolute Gasteiger partial charge is 0.318 e. The molecule has 0 atom stereocenters. The van der Waals surface area contributed by atoms with Gasteiger partial charge in [-0.3, -0.25) is 4.79 Å². The lowest BCUT2D eigenvalue weighted by atomic mass is 9.97. The van der Waals surface area contributed by atoms with Crippen LogP contribution in [0.15, 0.2) is 90.2 Å². The molecule has 0 bridgehead atoms. The fraction of sp³-hybridized carbons (Fsp3) is 0.0800. The standard InChI is InChI=1S/C25H20N2O3/c1-17-10-6-7-13-20(17)24(26-30-18(2)28)25(29)22-16-27(19-11-4-3-5-12-19)23-15-9-8-14-21(22)23/h3-16H,1-2H3/b26-24+. The van der Waals surface area contributed by atoms with E-state index in [0.717, 1.165) is 22.2 Å². The molecule has 0 aliphatic heterocycles. The van der Waals surface area contributed by atoms with Gasteiger partial charge >= 0.3 is 5.97 Å². The third kappa shape index (κ3) is 3.65. The number of ketones is 1. The Morgan fingerprint density at radius 2 is 1.50 bits per heavy atom. The number of benzene rings is 3. The first-order chi connectivity index (χ1) is 14.6. The van der Waals surface area contributed by atoms with E-state index in [0.29, 0.717) is 11.1 Å². The number of carbonyl (C=O) groups excluding carboxylic acids is 2. The van der Waals surface area contributed by atoms with Crippen LogP contribution in [0.5, 0.6) is 0 Å². The fourth-order valence-electron chi connectivity index (χ4n) is 3.45. The zero-order chi connectivity index (χ0) is 21.1. The molecule has 0 N–H and O–H groups in total. The van der Waals surface area contributed by atoms with Crippen LogP contribution in [0.2, 0.25) is 0 Å². The zero-order valence-corrected chi connectivity index (χ0v) is 16.7. The summed E-state index contributed by atoms with van der Waals surface area (Å²) < 4.78 is 1.98. The maximum absolute atomic E-state index is 13.6. The fourth-order valence-corrected chi connectivity index (χ4v) is 3.45. The van der Waals surface area contributed by atoms with E-state index in [9.17, 15) is 9.59 Å². The Labute approximate surface area is 174 Å². The SMILES string of the molecule is CC(=O)O/N=C(/C(=O)c1cn(-c2ccccc2)c2ccccc12)c1ccccc1C.